The van der Waals surface area contributed by atoms with Crippen molar-refractivity contribution in [2.24, 2.45) is 0 Å². The largest absolute Gasteiger partial charge is 0.334 e. The first-order valence-electron chi connectivity index (χ1n) is 8.71. The van der Waals surface area contributed by atoms with Crippen molar-refractivity contribution in [3.8, 4) is 22.4 Å². The predicted molar refractivity (Wildman–Crippen MR) is 101 cm³/mol. The standard InChI is InChI=1S/C21H18N2O3/c24-21-19(23(25)26)13-18(16-5-2-1-3-6-16)20(22-21)17-11-9-15(10-12-17)14-7-4-8-14/h1-3,5-6,9-14H,4,7-8H2,(H,22,24). The summed E-state index contributed by atoms with van der Waals surface area (Å²) in [4.78, 5) is 25.4. The van der Waals surface area contributed by atoms with Crippen LogP contribution in [0.25, 0.3) is 22.4 Å². The Kier molecular flexibility index (Phi) is 4.13. The van der Waals surface area contributed by atoms with Crippen molar-refractivity contribution >= 4 is 5.69 Å². The summed E-state index contributed by atoms with van der Waals surface area (Å²) in [5.41, 5.74) is 3.10. The highest BCUT2D eigenvalue weighted by Crippen LogP contribution is 2.38. The molecule has 1 heterocycles. The van der Waals surface area contributed by atoms with Gasteiger partial charge in [-0.15, -0.1) is 0 Å². The van der Waals surface area contributed by atoms with E-state index in [1.54, 1.807) is 0 Å². The number of aromatic nitrogens is 1. The number of aromatic amines is 1. The maximum absolute atomic E-state index is 12.2. The quantitative estimate of drug-likeness (QED) is 0.540. The van der Waals surface area contributed by atoms with Gasteiger partial charge in [-0.2, -0.15) is 0 Å². The van der Waals surface area contributed by atoms with Gasteiger partial charge in [0.15, 0.2) is 0 Å². The van der Waals surface area contributed by atoms with E-state index in [9.17, 15) is 14.9 Å². The average Bonchev–Trinajstić information content (AvgIpc) is 2.61. The molecule has 0 saturated heterocycles. The first-order chi connectivity index (χ1) is 12.6. The number of nitrogens with one attached hydrogen (secondary N) is 1. The van der Waals surface area contributed by atoms with E-state index in [0.29, 0.717) is 17.2 Å². The predicted octanol–water partition coefficient (Wildman–Crippen LogP) is 4.88. The van der Waals surface area contributed by atoms with Gasteiger partial charge in [-0.3, -0.25) is 14.9 Å². The highest BCUT2D eigenvalue weighted by Gasteiger charge is 2.21. The van der Waals surface area contributed by atoms with E-state index in [0.717, 1.165) is 11.1 Å². The van der Waals surface area contributed by atoms with Crippen molar-refractivity contribution in [3.05, 3.63) is 86.7 Å². The molecule has 0 spiro atoms. The summed E-state index contributed by atoms with van der Waals surface area (Å²) in [5, 5.41) is 11.2. The maximum atomic E-state index is 12.2. The van der Waals surface area contributed by atoms with Crippen LogP contribution in [0.4, 0.5) is 5.69 Å². The molecule has 4 rings (SSSR count). The van der Waals surface area contributed by atoms with E-state index in [1.807, 2.05) is 42.5 Å². The number of hydrogen-bond acceptors (Lipinski definition) is 3. The first-order valence-corrected chi connectivity index (χ1v) is 8.71. The molecule has 1 aliphatic carbocycles. The molecular weight excluding hydrogens is 328 g/mol. The molecule has 1 fully saturated rings. The SMILES string of the molecule is O=c1[nH]c(-c2ccc(C3CCC3)cc2)c(-c2ccccc2)cc1[N+](=O)[O-]. The van der Waals surface area contributed by atoms with Crippen LogP contribution in [0.2, 0.25) is 0 Å². The van der Waals surface area contributed by atoms with Crippen LogP contribution in [0.15, 0.2) is 65.5 Å². The summed E-state index contributed by atoms with van der Waals surface area (Å²) >= 11 is 0. The van der Waals surface area contributed by atoms with Crippen molar-refractivity contribution in [2.75, 3.05) is 0 Å². The fourth-order valence-electron chi connectivity index (χ4n) is 3.39. The van der Waals surface area contributed by atoms with E-state index < -0.39 is 16.2 Å². The third-order valence-electron chi connectivity index (χ3n) is 5.08. The summed E-state index contributed by atoms with van der Waals surface area (Å²) in [6.07, 6.45) is 3.73. The molecular formula is C21H18N2O3. The van der Waals surface area contributed by atoms with Crippen LogP contribution in [0.1, 0.15) is 30.7 Å². The Morgan fingerprint density at radius 3 is 2.23 bits per heavy atom. The van der Waals surface area contributed by atoms with Gasteiger partial charge in [0.2, 0.25) is 0 Å². The Hall–Kier alpha value is -3.21. The minimum absolute atomic E-state index is 0.446. The van der Waals surface area contributed by atoms with E-state index >= 15 is 0 Å². The molecule has 5 nitrogen and oxygen atoms in total. The van der Waals surface area contributed by atoms with Gasteiger partial charge in [-0.05, 0) is 35.4 Å². The molecule has 0 amide bonds. The van der Waals surface area contributed by atoms with Gasteiger partial charge >= 0.3 is 11.2 Å². The molecule has 130 valence electrons. The Bertz CT molecular complexity index is 1000. The van der Waals surface area contributed by atoms with Crippen LogP contribution < -0.4 is 5.56 Å². The minimum atomic E-state index is -0.687. The summed E-state index contributed by atoms with van der Waals surface area (Å²) in [7, 11) is 0. The van der Waals surface area contributed by atoms with Crippen molar-refractivity contribution < 1.29 is 4.92 Å². The van der Waals surface area contributed by atoms with Gasteiger partial charge in [0.1, 0.15) is 0 Å². The molecule has 1 N–H and O–H groups in total. The fourth-order valence-corrected chi connectivity index (χ4v) is 3.39. The summed E-state index contributed by atoms with van der Waals surface area (Å²) in [6.45, 7) is 0. The molecule has 5 heteroatoms. The molecule has 26 heavy (non-hydrogen) atoms. The molecule has 1 saturated carbocycles. The van der Waals surface area contributed by atoms with Crippen molar-refractivity contribution in [2.45, 2.75) is 25.2 Å². The Labute approximate surface area is 150 Å². The molecule has 1 aliphatic rings. The van der Waals surface area contributed by atoms with Crippen LogP contribution in [0, 0.1) is 10.1 Å². The first kappa shape index (κ1) is 16.3. The van der Waals surface area contributed by atoms with Crippen LogP contribution in [0.3, 0.4) is 0 Å². The number of rotatable bonds is 4. The lowest BCUT2D eigenvalue weighted by Gasteiger charge is -2.25. The van der Waals surface area contributed by atoms with E-state index in [1.165, 1.54) is 30.9 Å². The molecule has 0 radical (unpaired) electrons. The monoisotopic (exact) mass is 346 g/mol. The third-order valence-corrected chi connectivity index (χ3v) is 5.08. The highest BCUT2D eigenvalue weighted by atomic mass is 16.6. The maximum Gasteiger partial charge on any atom is 0.334 e. The number of H-pyrrole nitrogens is 1. The molecule has 0 atom stereocenters. The number of pyridine rings is 1. The Morgan fingerprint density at radius 2 is 1.65 bits per heavy atom. The highest BCUT2D eigenvalue weighted by molar-refractivity contribution is 5.82. The molecule has 2 aromatic carbocycles. The number of nitrogens with zero attached hydrogens (tertiary/aromatic N) is 1. The van der Waals surface area contributed by atoms with Crippen molar-refractivity contribution in [1.29, 1.82) is 0 Å². The molecule has 3 aromatic rings. The second-order valence-corrected chi connectivity index (χ2v) is 6.65. The number of benzene rings is 2. The smallest absolute Gasteiger partial charge is 0.315 e. The van der Waals surface area contributed by atoms with E-state index in [4.69, 9.17) is 0 Å². The number of hydrogen-bond donors (Lipinski definition) is 1. The molecule has 1 aromatic heterocycles. The Balaban J connectivity index is 1.85. The summed E-state index contributed by atoms with van der Waals surface area (Å²) in [6, 6.07) is 18.9. The Morgan fingerprint density at radius 1 is 0.962 bits per heavy atom. The second kappa shape index (κ2) is 6.59. The number of nitro groups is 1. The van der Waals surface area contributed by atoms with Gasteiger partial charge in [-0.1, -0.05) is 61.0 Å². The van der Waals surface area contributed by atoms with Crippen LogP contribution in [0.5, 0.6) is 0 Å². The lowest BCUT2D eigenvalue weighted by Crippen LogP contribution is -2.13. The molecule has 0 bridgehead atoms. The zero-order chi connectivity index (χ0) is 18.1. The summed E-state index contributed by atoms with van der Waals surface area (Å²) in [5.74, 6) is 0.633. The minimum Gasteiger partial charge on any atom is -0.315 e. The lowest BCUT2D eigenvalue weighted by atomic mass is 9.80. The van der Waals surface area contributed by atoms with Gasteiger partial charge in [0.05, 0.1) is 10.6 Å². The molecule has 0 unspecified atom stereocenters. The van der Waals surface area contributed by atoms with Gasteiger partial charge in [-0.25, -0.2) is 0 Å². The van der Waals surface area contributed by atoms with Gasteiger partial charge in [0, 0.05) is 11.6 Å². The normalized spacial score (nSPS) is 14.0. The van der Waals surface area contributed by atoms with Gasteiger partial charge < -0.3 is 4.98 Å². The van der Waals surface area contributed by atoms with Crippen LogP contribution in [-0.4, -0.2) is 9.91 Å². The zero-order valence-electron chi connectivity index (χ0n) is 14.1. The van der Waals surface area contributed by atoms with Crippen LogP contribution in [-0.2, 0) is 0 Å². The second-order valence-electron chi connectivity index (χ2n) is 6.65. The molecule has 0 aliphatic heterocycles. The average molecular weight is 346 g/mol. The third kappa shape index (κ3) is 2.92. The van der Waals surface area contributed by atoms with Crippen molar-refractivity contribution in [1.82, 2.24) is 4.98 Å². The van der Waals surface area contributed by atoms with Crippen LogP contribution >= 0.6 is 0 Å². The van der Waals surface area contributed by atoms with E-state index in [2.05, 4.69) is 17.1 Å². The zero-order valence-corrected chi connectivity index (χ0v) is 14.1. The summed E-state index contributed by atoms with van der Waals surface area (Å²) < 4.78 is 0. The fraction of sp³-hybridized carbons (Fsp3) is 0.190. The topological polar surface area (TPSA) is 76.0 Å². The van der Waals surface area contributed by atoms with E-state index in [-0.39, 0.29) is 0 Å². The van der Waals surface area contributed by atoms with Crippen molar-refractivity contribution in [3.63, 3.8) is 0 Å². The lowest BCUT2D eigenvalue weighted by molar-refractivity contribution is -0.386. The van der Waals surface area contributed by atoms with Gasteiger partial charge in [0.25, 0.3) is 0 Å².